The first-order valence-corrected chi connectivity index (χ1v) is 6.84. The summed E-state index contributed by atoms with van der Waals surface area (Å²) in [6.45, 7) is 1.50. The van der Waals surface area contributed by atoms with Crippen LogP contribution in [0.3, 0.4) is 0 Å². The Balaban J connectivity index is 1.59. The van der Waals surface area contributed by atoms with E-state index in [-0.39, 0.29) is 0 Å². The maximum atomic E-state index is 5.85. The summed E-state index contributed by atoms with van der Waals surface area (Å²) in [7, 11) is 0. The highest BCUT2D eigenvalue weighted by atomic mass is 35.5. The molecule has 19 heavy (non-hydrogen) atoms. The summed E-state index contributed by atoms with van der Waals surface area (Å²) >= 11 is 5.85. The van der Waals surface area contributed by atoms with Crippen LogP contribution in [0.2, 0.25) is 5.02 Å². The largest absolute Gasteiger partial charge is 0.381 e. The zero-order chi connectivity index (χ0) is 13.1. The van der Waals surface area contributed by atoms with Gasteiger partial charge < -0.3 is 9.26 Å². The fraction of sp³-hybridized carbons (Fsp3) is 0.429. The Kier molecular flexibility index (Phi) is 3.80. The second-order valence-electron chi connectivity index (χ2n) is 4.73. The summed E-state index contributed by atoms with van der Waals surface area (Å²) in [5, 5.41) is 4.79. The normalized spacial score (nSPS) is 18.9. The monoisotopic (exact) mass is 278 g/mol. The minimum Gasteiger partial charge on any atom is -0.381 e. The van der Waals surface area contributed by atoms with Crippen molar-refractivity contribution in [3.63, 3.8) is 0 Å². The number of hydrogen-bond donors (Lipinski definition) is 0. The minimum atomic E-state index is 0.299. The molecule has 0 bridgehead atoms. The Morgan fingerprint density at radius 1 is 1.21 bits per heavy atom. The van der Waals surface area contributed by atoms with Crippen LogP contribution in [0, 0.1) is 0 Å². The zero-order valence-electron chi connectivity index (χ0n) is 10.5. The van der Waals surface area contributed by atoms with Gasteiger partial charge in [0, 0.05) is 24.0 Å². The molecule has 1 atom stereocenters. The van der Waals surface area contributed by atoms with Crippen LogP contribution in [0.25, 0.3) is 0 Å². The van der Waals surface area contributed by atoms with Crippen molar-refractivity contribution in [2.75, 3.05) is 13.2 Å². The number of aromatic nitrogens is 2. The summed E-state index contributed by atoms with van der Waals surface area (Å²) in [4.78, 5) is 4.44. The maximum absolute atomic E-state index is 5.85. The van der Waals surface area contributed by atoms with E-state index in [9.17, 15) is 0 Å². The van der Waals surface area contributed by atoms with Gasteiger partial charge in [-0.05, 0) is 30.5 Å². The molecule has 100 valence electrons. The molecule has 3 rings (SSSR count). The quantitative estimate of drug-likeness (QED) is 0.862. The van der Waals surface area contributed by atoms with Crippen LogP contribution in [0.15, 0.2) is 28.8 Å². The topological polar surface area (TPSA) is 48.2 Å². The summed E-state index contributed by atoms with van der Waals surface area (Å²) < 4.78 is 10.6. The highest BCUT2D eigenvalue weighted by Crippen LogP contribution is 2.22. The van der Waals surface area contributed by atoms with Crippen molar-refractivity contribution in [1.82, 2.24) is 10.1 Å². The van der Waals surface area contributed by atoms with Gasteiger partial charge in [-0.2, -0.15) is 4.98 Å². The molecule has 0 saturated carbocycles. The molecule has 2 aromatic rings. The first kappa shape index (κ1) is 12.6. The standard InChI is InChI=1S/C14H15ClN2O2/c15-12-4-1-10(2-5-12)3-6-13-16-14(17-19-13)11-7-8-18-9-11/h1-2,4-5,11H,3,6-9H2/t11-/m0/s1. The lowest BCUT2D eigenvalue weighted by Gasteiger charge is -1.99. The number of halogens is 1. The van der Waals surface area contributed by atoms with Crippen molar-refractivity contribution in [2.45, 2.75) is 25.2 Å². The van der Waals surface area contributed by atoms with Crippen molar-refractivity contribution in [3.8, 4) is 0 Å². The van der Waals surface area contributed by atoms with Crippen LogP contribution < -0.4 is 0 Å². The Labute approximate surface area is 116 Å². The van der Waals surface area contributed by atoms with Gasteiger partial charge in [0.15, 0.2) is 5.82 Å². The van der Waals surface area contributed by atoms with Gasteiger partial charge >= 0.3 is 0 Å². The van der Waals surface area contributed by atoms with E-state index in [1.807, 2.05) is 24.3 Å². The zero-order valence-corrected chi connectivity index (χ0v) is 11.3. The minimum absolute atomic E-state index is 0.299. The number of aryl methyl sites for hydroxylation is 2. The van der Waals surface area contributed by atoms with Crippen LogP contribution in [-0.4, -0.2) is 23.4 Å². The van der Waals surface area contributed by atoms with Crippen molar-refractivity contribution >= 4 is 11.6 Å². The molecule has 1 aromatic carbocycles. The Morgan fingerprint density at radius 3 is 2.79 bits per heavy atom. The van der Waals surface area contributed by atoms with E-state index in [2.05, 4.69) is 10.1 Å². The van der Waals surface area contributed by atoms with Crippen molar-refractivity contribution in [1.29, 1.82) is 0 Å². The number of hydrogen-bond acceptors (Lipinski definition) is 4. The van der Waals surface area contributed by atoms with Gasteiger partial charge in [0.1, 0.15) is 0 Å². The number of ether oxygens (including phenoxy) is 1. The third-order valence-electron chi connectivity index (χ3n) is 3.32. The van der Waals surface area contributed by atoms with Crippen molar-refractivity contribution in [2.24, 2.45) is 0 Å². The van der Waals surface area contributed by atoms with E-state index in [4.69, 9.17) is 20.9 Å². The summed E-state index contributed by atoms with van der Waals surface area (Å²) in [5.74, 6) is 1.77. The van der Waals surface area contributed by atoms with Gasteiger partial charge in [-0.1, -0.05) is 28.9 Å². The van der Waals surface area contributed by atoms with Crippen LogP contribution in [0.1, 0.15) is 29.6 Å². The summed E-state index contributed by atoms with van der Waals surface area (Å²) in [6, 6.07) is 7.83. The molecule has 1 aliphatic heterocycles. The van der Waals surface area contributed by atoms with Gasteiger partial charge in [-0.25, -0.2) is 0 Å². The van der Waals surface area contributed by atoms with Crippen LogP contribution in [-0.2, 0) is 17.6 Å². The lowest BCUT2D eigenvalue weighted by molar-refractivity contribution is 0.192. The second-order valence-corrected chi connectivity index (χ2v) is 5.17. The third kappa shape index (κ3) is 3.14. The van der Waals surface area contributed by atoms with E-state index in [0.29, 0.717) is 18.4 Å². The average Bonchev–Trinajstić information content (AvgIpc) is 3.09. The van der Waals surface area contributed by atoms with Crippen molar-refractivity contribution < 1.29 is 9.26 Å². The molecule has 0 radical (unpaired) electrons. The number of rotatable bonds is 4. The molecule has 1 saturated heterocycles. The molecule has 0 amide bonds. The average molecular weight is 279 g/mol. The molecule has 1 aliphatic rings. The van der Waals surface area contributed by atoms with Crippen LogP contribution in [0.4, 0.5) is 0 Å². The van der Waals surface area contributed by atoms with Gasteiger partial charge in [0.2, 0.25) is 5.89 Å². The van der Waals surface area contributed by atoms with E-state index in [0.717, 1.165) is 36.7 Å². The Morgan fingerprint density at radius 2 is 2.05 bits per heavy atom. The number of benzene rings is 1. The molecule has 0 aliphatic carbocycles. The maximum Gasteiger partial charge on any atom is 0.226 e. The van der Waals surface area contributed by atoms with Crippen LogP contribution in [0.5, 0.6) is 0 Å². The fourth-order valence-electron chi connectivity index (χ4n) is 2.18. The molecule has 5 heteroatoms. The SMILES string of the molecule is Clc1ccc(CCc2nc([C@H]3CCOC3)no2)cc1. The fourth-order valence-corrected chi connectivity index (χ4v) is 2.30. The summed E-state index contributed by atoms with van der Waals surface area (Å²) in [5.41, 5.74) is 1.22. The third-order valence-corrected chi connectivity index (χ3v) is 3.57. The first-order chi connectivity index (χ1) is 9.31. The summed E-state index contributed by atoms with van der Waals surface area (Å²) in [6.07, 6.45) is 2.61. The second kappa shape index (κ2) is 5.72. The van der Waals surface area contributed by atoms with Gasteiger partial charge in [0.05, 0.1) is 6.61 Å². The molecule has 2 heterocycles. The first-order valence-electron chi connectivity index (χ1n) is 6.46. The van der Waals surface area contributed by atoms with Crippen molar-refractivity contribution in [3.05, 3.63) is 46.6 Å². The molecule has 1 aromatic heterocycles. The van der Waals surface area contributed by atoms with Gasteiger partial charge in [0.25, 0.3) is 0 Å². The Hall–Kier alpha value is -1.39. The van der Waals surface area contributed by atoms with Gasteiger partial charge in [-0.15, -0.1) is 0 Å². The number of nitrogens with zero attached hydrogens (tertiary/aromatic N) is 2. The van der Waals surface area contributed by atoms with Crippen LogP contribution >= 0.6 is 11.6 Å². The lowest BCUT2D eigenvalue weighted by atomic mass is 10.1. The molecule has 4 nitrogen and oxygen atoms in total. The highest BCUT2D eigenvalue weighted by molar-refractivity contribution is 6.30. The lowest BCUT2D eigenvalue weighted by Crippen LogP contribution is -2.00. The molecular formula is C14H15ClN2O2. The van der Waals surface area contributed by atoms with Gasteiger partial charge in [-0.3, -0.25) is 0 Å². The van der Waals surface area contributed by atoms with E-state index in [1.165, 1.54) is 5.56 Å². The smallest absolute Gasteiger partial charge is 0.226 e. The van der Waals surface area contributed by atoms with E-state index < -0.39 is 0 Å². The molecule has 0 unspecified atom stereocenters. The predicted molar refractivity (Wildman–Crippen MR) is 71.3 cm³/mol. The highest BCUT2D eigenvalue weighted by Gasteiger charge is 2.22. The predicted octanol–water partition coefficient (Wildman–Crippen LogP) is 3.01. The molecule has 1 fully saturated rings. The molecular weight excluding hydrogens is 264 g/mol. The molecule has 0 N–H and O–H groups in total. The Bertz CT molecular complexity index is 533. The van der Waals surface area contributed by atoms with E-state index >= 15 is 0 Å². The van der Waals surface area contributed by atoms with E-state index in [1.54, 1.807) is 0 Å². The molecule has 0 spiro atoms.